The van der Waals surface area contributed by atoms with Crippen LogP contribution in [0.5, 0.6) is 0 Å². The largest absolute Gasteiger partial charge is 0.459 e. The van der Waals surface area contributed by atoms with Gasteiger partial charge in [-0.25, -0.2) is 4.79 Å². The number of nitrogens with zero attached hydrogens (tertiary/aromatic N) is 4. The van der Waals surface area contributed by atoms with Crippen LogP contribution in [0.2, 0.25) is 0 Å². The highest BCUT2D eigenvalue weighted by atomic mass is 32.2. The van der Waals surface area contributed by atoms with Crippen LogP contribution < -0.4 is 5.32 Å². The number of ether oxygens (including phenoxy) is 1. The molecule has 1 atom stereocenters. The molecule has 0 saturated carbocycles. The number of benzene rings is 1. The van der Waals surface area contributed by atoms with Crippen LogP contribution in [-0.4, -0.2) is 47.6 Å². The molecule has 1 N–H and O–H groups in total. The monoisotopic (exact) mass is 421 g/mol. The molecular formula is C18H23N5O3S2. The Morgan fingerprint density at radius 2 is 1.96 bits per heavy atom. The van der Waals surface area contributed by atoms with Gasteiger partial charge in [0.15, 0.2) is 11.7 Å². The number of aromatic nitrogens is 4. The molecule has 1 unspecified atom stereocenters. The standard InChI is InChI=1S/C18H23N5O3S2/c1-12(24)28-11-14(13-8-6-5-7-9-13)16(27)19-17-20-22-23(21-17)10-15(25)26-18(2,3)4/h5-9,14H,10-11H2,1-4H3,(H,19,21,27). The molecule has 1 aromatic heterocycles. The van der Waals surface area contributed by atoms with Crippen molar-refractivity contribution in [1.82, 2.24) is 20.2 Å². The van der Waals surface area contributed by atoms with E-state index in [1.54, 1.807) is 20.8 Å². The second-order valence-electron chi connectivity index (χ2n) is 6.98. The number of rotatable bonds is 7. The minimum Gasteiger partial charge on any atom is -0.459 e. The predicted molar refractivity (Wildman–Crippen MR) is 112 cm³/mol. The Hall–Kier alpha value is -2.33. The maximum atomic E-state index is 11.9. The lowest BCUT2D eigenvalue weighted by Crippen LogP contribution is -2.27. The molecule has 0 fully saturated rings. The van der Waals surface area contributed by atoms with Gasteiger partial charge in [-0.15, -0.1) is 5.10 Å². The van der Waals surface area contributed by atoms with Crippen molar-refractivity contribution in [3.05, 3.63) is 35.9 Å². The average Bonchev–Trinajstić information content (AvgIpc) is 3.00. The van der Waals surface area contributed by atoms with Crippen molar-refractivity contribution < 1.29 is 14.3 Å². The lowest BCUT2D eigenvalue weighted by atomic mass is 10.0. The van der Waals surface area contributed by atoms with Crippen LogP contribution >= 0.6 is 24.0 Å². The van der Waals surface area contributed by atoms with Crippen LogP contribution in [0, 0.1) is 0 Å². The van der Waals surface area contributed by atoms with Gasteiger partial charge in [-0.05, 0) is 31.5 Å². The molecule has 10 heteroatoms. The van der Waals surface area contributed by atoms with Gasteiger partial charge in [0.25, 0.3) is 5.95 Å². The van der Waals surface area contributed by atoms with E-state index in [-0.39, 0.29) is 23.5 Å². The third kappa shape index (κ3) is 7.35. The Morgan fingerprint density at radius 1 is 1.29 bits per heavy atom. The van der Waals surface area contributed by atoms with Crippen LogP contribution in [0.3, 0.4) is 0 Å². The molecule has 8 nitrogen and oxygen atoms in total. The fourth-order valence-corrected chi connectivity index (χ4v) is 3.43. The summed E-state index contributed by atoms with van der Waals surface area (Å²) in [5, 5.41) is 14.8. The first-order valence-corrected chi connectivity index (χ1v) is 10.0. The van der Waals surface area contributed by atoms with E-state index in [4.69, 9.17) is 17.0 Å². The fourth-order valence-electron chi connectivity index (χ4n) is 2.26. The summed E-state index contributed by atoms with van der Waals surface area (Å²) in [6.45, 7) is 6.73. The molecule has 2 rings (SSSR count). The summed E-state index contributed by atoms with van der Waals surface area (Å²) in [5.41, 5.74) is 0.396. The molecule has 0 amide bonds. The quantitative estimate of drug-likeness (QED) is 0.534. The Kier molecular flexibility index (Phi) is 7.64. The predicted octanol–water partition coefficient (Wildman–Crippen LogP) is 2.82. The van der Waals surface area contributed by atoms with Gasteiger partial charge in [-0.1, -0.05) is 59.4 Å². The second kappa shape index (κ2) is 9.74. The van der Waals surface area contributed by atoms with E-state index in [0.717, 1.165) is 10.4 Å². The van der Waals surface area contributed by atoms with Gasteiger partial charge in [0, 0.05) is 18.6 Å². The number of nitrogens with one attached hydrogen (secondary N) is 1. The molecule has 0 spiro atoms. The number of carbonyl (C=O) groups is 2. The molecule has 28 heavy (non-hydrogen) atoms. The van der Waals surface area contributed by atoms with Gasteiger partial charge >= 0.3 is 5.97 Å². The molecular weight excluding hydrogens is 398 g/mol. The third-order valence-corrected chi connectivity index (χ3v) is 4.64. The molecule has 0 saturated heterocycles. The van der Waals surface area contributed by atoms with Gasteiger partial charge in [0.1, 0.15) is 5.60 Å². The average molecular weight is 422 g/mol. The van der Waals surface area contributed by atoms with Crippen molar-refractivity contribution in [1.29, 1.82) is 0 Å². The Balaban J connectivity index is 2.04. The SMILES string of the molecule is CC(=O)SCC(C(=S)Nc1nnn(CC(=O)OC(C)(C)C)n1)c1ccccc1. The normalized spacial score (nSPS) is 12.3. The summed E-state index contributed by atoms with van der Waals surface area (Å²) in [5.74, 6) is 0.0290. The highest BCUT2D eigenvalue weighted by molar-refractivity contribution is 8.13. The minimum atomic E-state index is -0.586. The molecule has 0 aliphatic carbocycles. The number of carbonyl (C=O) groups excluding carboxylic acids is 2. The number of esters is 1. The van der Waals surface area contributed by atoms with Gasteiger partial charge in [0.2, 0.25) is 0 Å². The van der Waals surface area contributed by atoms with E-state index in [2.05, 4.69) is 20.7 Å². The third-order valence-electron chi connectivity index (χ3n) is 3.35. The zero-order valence-corrected chi connectivity index (χ0v) is 17.8. The highest BCUT2D eigenvalue weighted by Crippen LogP contribution is 2.23. The lowest BCUT2D eigenvalue weighted by Gasteiger charge is -2.19. The van der Waals surface area contributed by atoms with Crippen LogP contribution in [0.15, 0.2) is 30.3 Å². The van der Waals surface area contributed by atoms with Crippen molar-refractivity contribution in [2.24, 2.45) is 0 Å². The first-order chi connectivity index (χ1) is 13.1. The van der Waals surface area contributed by atoms with Crippen molar-refractivity contribution in [2.75, 3.05) is 11.1 Å². The van der Waals surface area contributed by atoms with E-state index >= 15 is 0 Å². The van der Waals surface area contributed by atoms with Gasteiger partial charge in [-0.2, -0.15) is 4.80 Å². The summed E-state index contributed by atoms with van der Waals surface area (Å²) < 4.78 is 5.23. The van der Waals surface area contributed by atoms with Gasteiger partial charge in [0.05, 0.1) is 4.99 Å². The maximum Gasteiger partial charge on any atom is 0.330 e. The van der Waals surface area contributed by atoms with Crippen LogP contribution in [-0.2, 0) is 20.9 Å². The number of hydrogen-bond donors (Lipinski definition) is 1. The number of thioether (sulfide) groups is 1. The number of anilines is 1. The summed E-state index contributed by atoms with van der Waals surface area (Å²) in [6, 6.07) is 9.65. The van der Waals surface area contributed by atoms with Gasteiger partial charge < -0.3 is 10.1 Å². The molecule has 2 aromatic rings. The molecule has 150 valence electrons. The Bertz CT molecular complexity index is 833. The summed E-state index contributed by atoms with van der Waals surface area (Å²) >= 11 is 6.72. The van der Waals surface area contributed by atoms with E-state index in [0.29, 0.717) is 10.7 Å². The molecule has 0 aliphatic heterocycles. The van der Waals surface area contributed by atoms with E-state index in [9.17, 15) is 9.59 Å². The van der Waals surface area contributed by atoms with Crippen molar-refractivity contribution in [3.63, 3.8) is 0 Å². The number of thiocarbonyl (C=S) groups is 1. The highest BCUT2D eigenvalue weighted by Gasteiger charge is 2.21. The van der Waals surface area contributed by atoms with Crippen molar-refractivity contribution in [3.8, 4) is 0 Å². The molecule has 1 aromatic carbocycles. The number of hydrogen-bond acceptors (Lipinski definition) is 8. The second-order valence-corrected chi connectivity index (χ2v) is 8.62. The van der Waals surface area contributed by atoms with E-state index in [1.807, 2.05) is 30.3 Å². The Morgan fingerprint density at radius 3 is 2.57 bits per heavy atom. The summed E-state index contributed by atoms with van der Waals surface area (Å²) in [6.07, 6.45) is 0. The zero-order valence-electron chi connectivity index (χ0n) is 16.2. The van der Waals surface area contributed by atoms with Crippen LogP contribution in [0.4, 0.5) is 5.95 Å². The number of tetrazole rings is 1. The van der Waals surface area contributed by atoms with E-state index in [1.165, 1.54) is 18.7 Å². The smallest absolute Gasteiger partial charge is 0.330 e. The molecule has 0 aliphatic rings. The first-order valence-electron chi connectivity index (χ1n) is 8.63. The molecule has 1 heterocycles. The minimum absolute atomic E-state index is 0.0187. The van der Waals surface area contributed by atoms with Crippen molar-refractivity contribution in [2.45, 2.75) is 45.8 Å². The summed E-state index contributed by atoms with van der Waals surface area (Å²) in [4.78, 5) is 24.9. The van der Waals surface area contributed by atoms with Gasteiger partial charge in [-0.3, -0.25) is 4.79 Å². The molecule has 0 radical (unpaired) electrons. The zero-order chi connectivity index (χ0) is 20.7. The van der Waals surface area contributed by atoms with Crippen molar-refractivity contribution >= 4 is 46.0 Å². The topological polar surface area (TPSA) is 99.0 Å². The Labute approximate surface area is 173 Å². The molecule has 0 bridgehead atoms. The van der Waals surface area contributed by atoms with Crippen LogP contribution in [0.25, 0.3) is 0 Å². The van der Waals surface area contributed by atoms with E-state index < -0.39 is 11.6 Å². The van der Waals surface area contributed by atoms with Crippen LogP contribution in [0.1, 0.15) is 39.2 Å². The fraction of sp³-hybridized carbons (Fsp3) is 0.444. The summed E-state index contributed by atoms with van der Waals surface area (Å²) in [7, 11) is 0. The first kappa shape index (κ1) is 22.0. The lowest BCUT2D eigenvalue weighted by molar-refractivity contribution is -0.156. The maximum absolute atomic E-state index is 11.9.